The maximum atomic E-state index is 11.5. The van der Waals surface area contributed by atoms with Crippen LogP contribution in [0.25, 0.3) is 0 Å². The standard InChI is InChI=1S/C11H13NO3/c1-3-15-11(14)7-10(13)9-6-8(2)4-5-12-9/h4-6H,3,7H2,1-2H3. The molecule has 1 heterocycles. The summed E-state index contributed by atoms with van der Waals surface area (Å²) in [6.07, 6.45) is 1.30. The number of pyridine rings is 1. The van der Waals surface area contributed by atoms with Crippen LogP contribution in [0.2, 0.25) is 0 Å². The number of aromatic nitrogens is 1. The Morgan fingerprint density at radius 1 is 1.47 bits per heavy atom. The highest BCUT2D eigenvalue weighted by molar-refractivity contribution is 6.04. The highest BCUT2D eigenvalue weighted by Gasteiger charge is 2.13. The molecule has 0 spiro atoms. The molecule has 0 N–H and O–H groups in total. The zero-order valence-electron chi connectivity index (χ0n) is 8.82. The van der Waals surface area contributed by atoms with Crippen LogP contribution in [0.5, 0.6) is 0 Å². The largest absolute Gasteiger partial charge is 0.466 e. The lowest BCUT2D eigenvalue weighted by Gasteiger charge is -2.01. The van der Waals surface area contributed by atoms with Crippen molar-refractivity contribution in [1.82, 2.24) is 4.98 Å². The van der Waals surface area contributed by atoms with E-state index < -0.39 is 5.97 Å². The highest BCUT2D eigenvalue weighted by atomic mass is 16.5. The predicted molar refractivity (Wildman–Crippen MR) is 54.6 cm³/mol. The molecule has 80 valence electrons. The second-order valence-electron chi connectivity index (χ2n) is 3.12. The number of carbonyl (C=O) groups excluding carboxylic acids is 2. The van der Waals surface area contributed by atoms with E-state index in [2.05, 4.69) is 9.72 Å². The van der Waals surface area contributed by atoms with E-state index >= 15 is 0 Å². The Morgan fingerprint density at radius 2 is 2.20 bits per heavy atom. The monoisotopic (exact) mass is 207 g/mol. The third-order valence-electron chi connectivity index (χ3n) is 1.81. The van der Waals surface area contributed by atoms with Crippen molar-refractivity contribution in [2.75, 3.05) is 6.61 Å². The Morgan fingerprint density at radius 3 is 2.80 bits per heavy atom. The van der Waals surface area contributed by atoms with Gasteiger partial charge in [-0.05, 0) is 31.5 Å². The molecular weight excluding hydrogens is 194 g/mol. The van der Waals surface area contributed by atoms with Crippen LogP contribution in [-0.2, 0) is 9.53 Å². The van der Waals surface area contributed by atoms with Crippen LogP contribution in [0.4, 0.5) is 0 Å². The Hall–Kier alpha value is -1.71. The van der Waals surface area contributed by atoms with E-state index in [1.165, 1.54) is 0 Å². The SMILES string of the molecule is CCOC(=O)CC(=O)c1cc(C)ccn1. The van der Waals surface area contributed by atoms with Crippen LogP contribution < -0.4 is 0 Å². The average Bonchev–Trinajstić information content (AvgIpc) is 2.18. The normalized spacial score (nSPS) is 9.73. The number of esters is 1. The van der Waals surface area contributed by atoms with Gasteiger partial charge in [0.05, 0.1) is 6.61 Å². The number of nitrogens with zero attached hydrogens (tertiary/aromatic N) is 1. The Balaban J connectivity index is 2.65. The van der Waals surface area contributed by atoms with Crippen LogP contribution in [0, 0.1) is 6.92 Å². The minimum atomic E-state index is -0.509. The molecule has 0 unspecified atom stereocenters. The van der Waals surface area contributed by atoms with E-state index in [-0.39, 0.29) is 18.8 Å². The summed E-state index contributed by atoms with van der Waals surface area (Å²) in [6, 6.07) is 3.45. The lowest BCUT2D eigenvalue weighted by Crippen LogP contribution is -2.12. The summed E-state index contributed by atoms with van der Waals surface area (Å²) in [7, 11) is 0. The van der Waals surface area contributed by atoms with Gasteiger partial charge < -0.3 is 4.74 Å². The number of ether oxygens (including phenoxy) is 1. The summed E-state index contributed by atoms with van der Waals surface area (Å²) in [5, 5.41) is 0. The lowest BCUT2D eigenvalue weighted by molar-refractivity contribution is -0.141. The molecule has 4 heteroatoms. The molecule has 0 aliphatic carbocycles. The van der Waals surface area contributed by atoms with Gasteiger partial charge in [0.2, 0.25) is 0 Å². The van der Waals surface area contributed by atoms with Gasteiger partial charge in [-0.1, -0.05) is 0 Å². The van der Waals surface area contributed by atoms with E-state index in [0.717, 1.165) is 5.56 Å². The van der Waals surface area contributed by atoms with Gasteiger partial charge in [0.25, 0.3) is 0 Å². The van der Waals surface area contributed by atoms with Gasteiger partial charge >= 0.3 is 5.97 Å². The minimum absolute atomic E-state index is 0.246. The summed E-state index contributed by atoms with van der Waals surface area (Å²) < 4.78 is 4.68. The smallest absolute Gasteiger partial charge is 0.313 e. The van der Waals surface area contributed by atoms with Crippen molar-refractivity contribution >= 4 is 11.8 Å². The average molecular weight is 207 g/mol. The second-order valence-corrected chi connectivity index (χ2v) is 3.12. The van der Waals surface area contributed by atoms with Gasteiger partial charge in [-0.2, -0.15) is 0 Å². The molecule has 0 saturated heterocycles. The maximum absolute atomic E-state index is 11.5. The zero-order chi connectivity index (χ0) is 11.3. The third-order valence-corrected chi connectivity index (χ3v) is 1.81. The van der Waals surface area contributed by atoms with E-state index in [0.29, 0.717) is 5.69 Å². The number of ketones is 1. The molecule has 0 atom stereocenters. The first kappa shape index (κ1) is 11.4. The number of aryl methyl sites for hydroxylation is 1. The molecule has 15 heavy (non-hydrogen) atoms. The number of hydrogen-bond donors (Lipinski definition) is 0. The van der Waals surface area contributed by atoms with Crippen LogP contribution in [0.15, 0.2) is 18.3 Å². The first-order valence-electron chi connectivity index (χ1n) is 4.75. The molecule has 1 aromatic heterocycles. The molecule has 0 aliphatic heterocycles. The number of Topliss-reactive ketones (excluding diaryl/α,β-unsaturated/α-hetero) is 1. The molecule has 0 amide bonds. The molecule has 4 nitrogen and oxygen atoms in total. The second kappa shape index (κ2) is 5.24. The van der Waals surface area contributed by atoms with Gasteiger partial charge in [0.1, 0.15) is 12.1 Å². The first-order chi connectivity index (χ1) is 7.13. The van der Waals surface area contributed by atoms with Gasteiger partial charge in [-0.15, -0.1) is 0 Å². The Bertz CT molecular complexity index is 374. The molecule has 0 aliphatic rings. The molecule has 0 bridgehead atoms. The minimum Gasteiger partial charge on any atom is -0.466 e. The fraction of sp³-hybridized carbons (Fsp3) is 0.364. The molecule has 0 saturated carbocycles. The Labute approximate surface area is 88.3 Å². The van der Waals surface area contributed by atoms with E-state index in [1.54, 1.807) is 25.3 Å². The van der Waals surface area contributed by atoms with Gasteiger partial charge in [-0.25, -0.2) is 0 Å². The van der Waals surface area contributed by atoms with Crippen LogP contribution in [0.3, 0.4) is 0 Å². The van der Waals surface area contributed by atoms with Gasteiger partial charge in [0.15, 0.2) is 5.78 Å². The van der Waals surface area contributed by atoms with Crippen LogP contribution >= 0.6 is 0 Å². The van der Waals surface area contributed by atoms with Crippen molar-refractivity contribution in [2.24, 2.45) is 0 Å². The number of hydrogen-bond acceptors (Lipinski definition) is 4. The van der Waals surface area contributed by atoms with E-state index in [4.69, 9.17) is 0 Å². The molecule has 1 aromatic rings. The fourth-order valence-electron chi connectivity index (χ4n) is 1.12. The van der Waals surface area contributed by atoms with Gasteiger partial charge in [-0.3, -0.25) is 14.6 Å². The molecular formula is C11H13NO3. The van der Waals surface area contributed by atoms with Crippen LogP contribution in [-0.4, -0.2) is 23.3 Å². The van der Waals surface area contributed by atoms with Crippen molar-refractivity contribution in [3.05, 3.63) is 29.6 Å². The van der Waals surface area contributed by atoms with Crippen LogP contribution in [0.1, 0.15) is 29.4 Å². The molecule has 1 rings (SSSR count). The summed E-state index contributed by atoms with van der Waals surface area (Å²) >= 11 is 0. The lowest BCUT2D eigenvalue weighted by atomic mass is 10.1. The van der Waals surface area contributed by atoms with Crippen molar-refractivity contribution in [1.29, 1.82) is 0 Å². The van der Waals surface area contributed by atoms with E-state index in [9.17, 15) is 9.59 Å². The van der Waals surface area contributed by atoms with Crippen molar-refractivity contribution < 1.29 is 14.3 Å². The van der Waals surface area contributed by atoms with Crippen molar-refractivity contribution in [3.8, 4) is 0 Å². The molecule has 0 aromatic carbocycles. The quantitative estimate of drug-likeness (QED) is 0.427. The summed E-state index contributed by atoms with van der Waals surface area (Å²) in [4.78, 5) is 26.5. The maximum Gasteiger partial charge on any atom is 0.313 e. The number of carbonyl (C=O) groups is 2. The third kappa shape index (κ3) is 3.50. The fourth-order valence-corrected chi connectivity index (χ4v) is 1.12. The summed E-state index contributed by atoms with van der Waals surface area (Å²) in [6.45, 7) is 3.85. The molecule has 0 radical (unpaired) electrons. The summed E-state index contributed by atoms with van der Waals surface area (Å²) in [5.41, 5.74) is 1.25. The van der Waals surface area contributed by atoms with E-state index in [1.807, 2.05) is 6.92 Å². The summed E-state index contributed by atoms with van der Waals surface area (Å²) in [5.74, 6) is -0.817. The first-order valence-corrected chi connectivity index (χ1v) is 4.75. The highest BCUT2D eigenvalue weighted by Crippen LogP contribution is 2.04. The zero-order valence-corrected chi connectivity index (χ0v) is 8.82. The van der Waals surface area contributed by atoms with Crippen molar-refractivity contribution in [3.63, 3.8) is 0 Å². The topological polar surface area (TPSA) is 56.3 Å². The molecule has 0 fully saturated rings. The van der Waals surface area contributed by atoms with Crippen molar-refractivity contribution in [2.45, 2.75) is 20.3 Å². The number of rotatable bonds is 4. The van der Waals surface area contributed by atoms with Gasteiger partial charge in [0, 0.05) is 6.20 Å². The predicted octanol–water partition coefficient (Wildman–Crippen LogP) is 1.53. The Kier molecular flexibility index (Phi) is 3.97.